The van der Waals surface area contributed by atoms with Gasteiger partial charge in [0, 0.05) is 11.5 Å². The number of anilines is 1. The minimum absolute atomic E-state index is 0.258. The van der Waals surface area contributed by atoms with E-state index in [1.54, 1.807) is 20.8 Å². The summed E-state index contributed by atoms with van der Waals surface area (Å²) in [6.45, 7) is 5.37. The van der Waals surface area contributed by atoms with Crippen molar-refractivity contribution in [1.82, 2.24) is 0 Å². The number of halogens is 2. The van der Waals surface area contributed by atoms with Crippen LogP contribution in [0.25, 0.3) is 0 Å². The van der Waals surface area contributed by atoms with Crippen LogP contribution in [0.2, 0.25) is 0 Å². The number of nitrogens with one attached hydrogen (secondary N) is 1. The van der Waals surface area contributed by atoms with E-state index in [1.165, 1.54) is 0 Å². The summed E-state index contributed by atoms with van der Waals surface area (Å²) in [5, 5.41) is 2.37. The Morgan fingerprint density at radius 3 is 2.45 bits per heavy atom. The molecule has 1 aromatic rings. The quantitative estimate of drug-likeness (QED) is 0.854. The second-order valence-corrected chi connectivity index (χ2v) is 6.75. The van der Waals surface area contributed by atoms with Gasteiger partial charge in [0.1, 0.15) is 11.6 Å². The number of hydrogen-bond donors (Lipinski definition) is 1. The zero-order valence-corrected chi connectivity index (χ0v) is 12.6. The third kappa shape index (κ3) is 1.61. The normalized spacial score (nSPS) is 32.0. The molecule has 2 aliphatic rings. The summed E-state index contributed by atoms with van der Waals surface area (Å²) in [5.41, 5.74) is -3.08. The van der Waals surface area contributed by atoms with E-state index in [4.69, 9.17) is 4.74 Å². The summed E-state index contributed by atoms with van der Waals surface area (Å²) < 4.78 is 32.3. The molecule has 22 heavy (non-hydrogen) atoms. The average Bonchev–Trinajstić information content (AvgIpc) is 2.73. The van der Waals surface area contributed by atoms with E-state index >= 15 is 0 Å². The van der Waals surface area contributed by atoms with E-state index in [0.717, 1.165) is 18.2 Å². The minimum atomic E-state index is -1.35. The fourth-order valence-electron chi connectivity index (χ4n) is 3.56. The van der Waals surface area contributed by atoms with Crippen LogP contribution in [-0.4, -0.2) is 17.5 Å². The molecule has 1 saturated carbocycles. The highest BCUT2D eigenvalue weighted by atomic mass is 19.1. The van der Waals surface area contributed by atoms with Crippen LogP contribution in [0.4, 0.5) is 14.5 Å². The van der Waals surface area contributed by atoms with E-state index < -0.39 is 39.9 Å². The highest BCUT2D eigenvalue weighted by Crippen LogP contribution is 2.65. The van der Waals surface area contributed by atoms with Gasteiger partial charge in [0.2, 0.25) is 0 Å². The molecule has 0 radical (unpaired) electrons. The Bertz CT molecular complexity index is 688. The van der Waals surface area contributed by atoms with Crippen molar-refractivity contribution in [3.05, 3.63) is 29.8 Å². The van der Waals surface area contributed by atoms with Gasteiger partial charge in [-0.15, -0.1) is 0 Å². The smallest absolute Gasteiger partial charge is 0.313 e. The first-order valence-corrected chi connectivity index (χ1v) is 7.14. The molecular formula is C16H17F2NO3. The van der Waals surface area contributed by atoms with E-state index in [-0.39, 0.29) is 5.69 Å². The Labute approximate surface area is 126 Å². The van der Waals surface area contributed by atoms with Crippen molar-refractivity contribution in [2.24, 2.45) is 10.8 Å². The van der Waals surface area contributed by atoms with Crippen molar-refractivity contribution >= 4 is 17.6 Å². The Kier molecular flexibility index (Phi) is 2.90. The third-order valence-electron chi connectivity index (χ3n) is 5.63. The lowest BCUT2D eigenvalue weighted by molar-refractivity contribution is -0.165. The van der Waals surface area contributed by atoms with Crippen LogP contribution in [-0.2, 0) is 14.3 Å². The van der Waals surface area contributed by atoms with Crippen molar-refractivity contribution in [2.45, 2.75) is 39.2 Å². The first-order chi connectivity index (χ1) is 10.1. The molecule has 2 atom stereocenters. The van der Waals surface area contributed by atoms with Gasteiger partial charge in [0.25, 0.3) is 5.91 Å². The van der Waals surface area contributed by atoms with Gasteiger partial charge in [0.05, 0.1) is 11.1 Å². The van der Waals surface area contributed by atoms with E-state index in [0.29, 0.717) is 12.8 Å². The molecule has 1 heterocycles. The highest BCUT2D eigenvalue weighted by Gasteiger charge is 2.75. The lowest BCUT2D eigenvalue weighted by Crippen LogP contribution is -2.50. The lowest BCUT2D eigenvalue weighted by atomic mass is 9.66. The molecule has 1 saturated heterocycles. The molecule has 1 aliphatic heterocycles. The van der Waals surface area contributed by atoms with Crippen LogP contribution in [0.3, 0.4) is 0 Å². The second kappa shape index (κ2) is 4.27. The summed E-state index contributed by atoms with van der Waals surface area (Å²) >= 11 is 0. The van der Waals surface area contributed by atoms with Crippen LogP contribution < -0.4 is 5.32 Å². The van der Waals surface area contributed by atoms with Crippen molar-refractivity contribution in [2.75, 3.05) is 5.32 Å². The summed E-state index contributed by atoms with van der Waals surface area (Å²) in [6, 6.07) is 2.81. The molecule has 0 spiro atoms. The number of carbonyl (C=O) groups is 2. The van der Waals surface area contributed by atoms with Crippen molar-refractivity contribution < 1.29 is 23.1 Å². The van der Waals surface area contributed by atoms with Crippen LogP contribution in [0, 0.1) is 22.5 Å². The fourth-order valence-corrected chi connectivity index (χ4v) is 3.56. The van der Waals surface area contributed by atoms with Crippen LogP contribution in [0.15, 0.2) is 18.2 Å². The Morgan fingerprint density at radius 1 is 1.23 bits per heavy atom. The van der Waals surface area contributed by atoms with Crippen molar-refractivity contribution in [3.8, 4) is 0 Å². The molecule has 2 bridgehead atoms. The zero-order valence-electron chi connectivity index (χ0n) is 12.6. The summed E-state index contributed by atoms with van der Waals surface area (Å²) in [6.07, 6.45) is 0.892. The topological polar surface area (TPSA) is 55.4 Å². The number of fused-ring (bicyclic) bond motifs is 2. The predicted octanol–water partition coefficient (Wildman–Crippen LogP) is 3.03. The van der Waals surface area contributed by atoms with E-state index in [1.807, 2.05) is 0 Å². The van der Waals surface area contributed by atoms with Gasteiger partial charge in [-0.25, -0.2) is 8.78 Å². The van der Waals surface area contributed by atoms with Crippen LogP contribution in [0.5, 0.6) is 0 Å². The molecule has 1 aromatic carbocycles. The Balaban J connectivity index is 1.96. The zero-order chi connectivity index (χ0) is 16.3. The maximum absolute atomic E-state index is 13.7. The predicted molar refractivity (Wildman–Crippen MR) is 74.9 cm³/mol. The minimum Gasteiger partial charge on any atom is -0.448 e. The van der Waals surface area contributed by atoms with Crippen LogP contribution >= 0.6 is 0 Å². The molecule has 2 unspecified atom stereocenters. The largest absolute Gasteiger partial charge is 0.448 e. The molecule has 2 fully saturated rings. The summed E-state index contributed by atoms with van der Waals surface area (Å²) in [5.74, 6) is -2.43. The Morgan fingerprint density at radius 2 is 1.91 bits per heavy atom. The fraction of sp³-hybridized carbons (Fsp3) is 0.500. The third-order valence-corrected chi connectivity index (χ3v) is 5.63. The van der Waals surface area contributed by atoms with Gasteiger partial charge < -0.3 is 10.1 Å². The molecular weight excluding hydrogens is 292 g/mol. The molecule has 118 valence electrons. The van der Waals surface area contributed by atoms with Gasteiger partial charge in [-0.05, 0) is 31.9 Å². The first kappa shape index (κ1) is 14.9. The van der Waals surface area contributed by atoms with E-state index in [9.17, 15) is 18.4 Å². The first-order valence-electron chi connectivity index (χ1n) is 7.14. The maximum Gasteiger partial charge on any atom is 0.313 e. The number of benzene rings is 1. The molecule has 1 N–H and O–H groups in total. The molecule has 1 amide bonds. The van der Waals surface area contributed by atoms with Crippen LogP contribution in [0.1, 0.15) is 33.6 Å². The van der Waals surface area contributed by atoms with E-state index in [2.05, 4.69) is 5.32 Å². The number of hydrogen-bond acceptors (Lipinski definition) is 3. The number of amides is 1. The number of ether oxygens (including phenoxy) is 1. The number of esters is 1. The van der Waals surface area contributed by atoms with Gasteiger partial charge in [-0.1, -0.05) is 13.8 Å². The number of rotatable bonds is 2. The van der Waals surface area contributed by atoms with Crippen molar-refractivity contribution in [3.63, 3.8) is 0 Å². The number of carbonyl (C=O) groups excluding carboxylic acids is 2. The average molecular weight is 309 g/mol. The lowest BCUT2D eigenvalue weighted by Gasteiger charge is -2.35. The maximum atomic E-state index is 13.7. The standard InChI is InChI=1S/C16H17F2NO3/c1-14(2)15(3)6-7-16(14,22-13(15)21)12(20)19-11-8-9(17)4-5-10(11)18/h4-5,8H,6-7H2,1-3H3,(H,19,20). The second-order valence-electron chi connectivity index (χ2n) is 6.75. The molecule has 3 rings (SSSR count). The molecule has 4 nitrogen and oxygen atoms in total. The summed E-state index contributed by atoms with van der Waals surface area (Å²) in [7, 11) is 0. The SMILES string of the molecule is CC12CCC(C(=O)Nc3cc(F)ccc3F)(OC1=O)C2(C)C. The van der Waals surface area contributed by atoms with Gasteiger partial charge in [-0.3, -0.25) is 9.59 Å². The molecule has 0 aromatic heterocycles. The van der Waals surface area contributed by atoms with Gasteiger partial charge in [-0.2, -0.15) is 0 Å². The van der Waals surface area contributed by atoms with Crippen molar-refractivity contribution in [1.29, 1.82) is 0 Å². The van der Waals surface area contributed by atoms with Gasteiger partial charge in [0.15, 0.2) is 5.60 Å². The monoisotopic (exact) mass is 309 g/mol. The molecule has 6 heteroatoms. The Hall–Kier alpha value is -1.98. The molecule has 1 aliphatic carbocycles. The highest BCUT2D eigenvalue weighted by molar-refractivity contribution is 6.03. The van der Waals surface area contributed by atoms with Gasteiger partial charge >= 0.3 is 5.97 Å². The summed E-state index contributed by atoms with van der Waals surface area (Å²) in [4.78, 5) is 24.8.